The van der Waals surface area contributed by atoms with Crippen molar-refractivity contribution in [3.63, 3.8) is 0 Å². The Morgan fingerprint density at radius 2 is 2.18 bits per heavy atom. The zero-order chi connectivity index (χ0) is 16.2. The molecule has 1 atom stereocenters. The average Bonchev–Trinajstić information content (AvgIpc) is 2.78. The van der Waals surface area contributed by atoms with Gasteiger partial charge in [-0.2, -0.15) is 0 Å². The first-order chi connectivity index (χ1) is 10.4. The number of sulfone groups is 1. The Bertz CT molecular complexity index is 643. The summed E-state index contributed by atoms with van der Waals surface area (Å²) in [6.45, 7) is 2.40. The number of ether oxygens (including phenoxy) is 1. The van der Waals surface area contributed by atoms with Gasteiger partial charge in [-0.15, -0.1) is 0 Å². The molecule has 1 fully saturated rings. The minimum atomic E-state index is -2.89. The van der Waals surface area contributed by atoms with E-state index in [9.17, 15) is 13.2 Å². The Morgan fingerprint density at radius 1 is 1.41 bits per heavy atom. The van der Waals surface area contributed by atoms with Crippen LogP contribution in [0, 0.1) is 6.92 Å². The van der Waals surface area contributed by atoms with Crippen molar-refractivity contribution in [3.8, 4) is 5.75 Å². The lowest BCUT2D eigenvalue weighted by molar-refractivity contribution is -0.116. The lowest BCUT2D eigenvalue weighted by Crippen LogP contribution is -2.32. The first-order valence-corrected chi connectivity index (χ1v) is 9.10. The standard InChI is InChI=1S/C15H22N2O4S/c1-11-3-4-14(21-2)13(9-11)17-15(18)5-7-16-12-6-8-22(19,20)10-12/h3-4,9,12,16H,5-8,10H2,1-2H3,(H,17,18). The van der Waals surface area contributed by atoms with E-state index in [1.807, 2.05) is 25.1 Å². The quantitative estimate of drug-likeness (QED) is 0.818. The number of carbonyl (C=O) groups excluding carboxylic acids is 1. The fourth-order valence-electron chi connectivity index (χ4n) is 2.48. The molecule has 0 spiro atoms. The van der Waals surface area contributed by atoms with Crippen LogP contribution < -0.4 is 15.4 Å². The van der Waals surface area contributed by atoms with E-state index in [-0.39, 0.29) is 29.9 Å². The van der Waals surface area contributed by atoms with Gasteiger partial charge in [0.15, 0.2) is 9.84 Å². The lowest BCUT2D eigenvalue weighted by Gasteiger charge is -2.12. The molecule has 1 unspecified atom stereocenters. The monoisotopic (exact) mass is 326 g/mol. The summed E-state index contributed by atoms with van der Waals surface area (Å²) in [5.74, 6) is 0.892. The van der Waals surface area contributed by atoms with Gasteiger partial charge in [0.05, 0.1) is 24.3 Å². The second-order valence-electron chi connectivity index (χ2n) is 5.56. The minimum Gasteiger partial charge on any atom is -0.495 e. The molecule has 1 aromatic rings. The largest absolute Gasteiger partial charge is 0.495 e. The fraction of sp³-hybridized carbons (Fsp3) is 0.533. The number of rotatable bonds is 6. The van der Waals surface area contributed by atoms with Gasteiger partial charge in [0, 0.05) is 19.0 Å². The number of nitrogens with one attached hydrogen (secondary N) is 2. The maximum absolute atomic E-state index is 12.0. The van der Waals surface area contributed by atoms with Gasteiger partial charge < -0.3 is 15.4 Å². The summed E-state index contributed by atoms with van der Waals surface area (Å²) >= 11 is 0. The predicted octanol–water partition coefficient (Wildman–Crippen LogP) is 1.11. The molecule has 7 heteroatoms. The molecule has 6 nitrogen and oxygen atoms in total. The normalized spacial score (nSPS) is 19.8. The summed E-state index contributed by atoms with van der Waals surface area (Å²) in [5.41, 5.74) is 1.68. The second-order valence-corrected chi connectivity index (χ2v) is 7.78. The molecular weight excluding hydrogens is 304 g/mol. The summed E-state index contributed by atoms with van der Waals surface area (Å²) in [4.78, 5) is 12.0. The Kier molecular flexibility index (Phi) is 5.42. The molecule has 1 heterocycles. The third kappa shape index (κ3) is 4.71. The Morgan fingerprint density at radius 3 is 2.82 bits per heavy atom. The molecule has 1 aliphatic rings. The van der Waals surface area contributed by atoms with Crippen LogP contribution in [0.15, 0.2) is 18.2 Å². The molecule has 0 saturated carbocycles. The molecule has 0 radical (unpaired) electrons. The topological polar surface area (TPSA) is 84.5 Å². The maximum atomic E-state index is 12.0. The number of aryl methyl sites for hydroxylation is 1. The first kappa shape index (κ1) is 16.8. The van der Waals surface area contributed by atoms with E-state index in [4.69, 9.17) is 4.74 Å². The molecule has 1 amide bonds. The van der Waals surface area contributed by atoms with Crippen LogP contribution in [0.1, 0.15) is 18.4 Å². The van der Waals surface area contributed by atoms with E-state index >= 15 is 0 Å². The third-order valence-electron chi connectivity index (χ3n) is 3.65. The van der Waals surface area contributed by atoms with Crippen molar-refractivity contribution in [1.29, 1.82) is 0 Å². The molecule has 2 N–H and O–H groups in total. The highest BCUT2D eigenvalue weighted by Crippen LogP contribution is 2.25. The highest BCUT2D eigenvalue weighted by Gasteiger charge is 2.27. The number of amides is 1. The van der Waals surface area contributed by atoms with E-state index in [0.717, 1.165) is 5.56 Å². The summed E-state index contributed by atoms with van der Waals surface area (Å²) in [5, 5.41) is 5.94. The van der Waals surface area contributed by atoms with Crippen LogP contribution in [0.25, 0.3) is 0 Å². The number of anilines is 1. The van der Waals surface area contributed by atoms with Crippen LogP contribution >= 0.6 is 0 Å². The van der Waals surface area contributed by atoms with E-state index < -0.39 is 9.84 Å². The minimum absolute atomic E-state index is 0.0358. The van der Waals surface area contributed by atoms with Crippen LogP contribution in [-0.4, -0.2) is 45.5 Å². The highest BCUT2D eigenvalue weighted by molar-refractivity contribution is 7.91. The van der Waals surface area contributed by atoms with Gasteiger partial charge in [0.2, 0.25) is 5.91 Å². The van der Waals surface area contributed by atoms with Crippen molar-refractivity contribution in [3.05, 3.63) is 23.8 Å². The van der Waals surface area contributed by atoms with Crippen LogP contribution in [0.4, 0.5) is 5.69 Å². The number of benzene rings is 1. The predicted molar refractivity (Wildman–Crippen MR) is 86.0 cm³/mol. The van der Waals surface area contributed by atoms with Crippen molar-refractivity contribution in [1.82, 2.24) is 5.32 Å². The van der Waals surface area contributed by atoms with Gasteiger partial charge in [0.25, 0.3) is 0 Å². The molecular formula is C15H22N2O4S. The van der Waals surface area contributed by atoms with E-state index in [0.29, 0.717) is 24.4 Å². The van der Waals surface area contributed by atoms with Gasteiger partial charge in [-0.25, -0.2) is 8.42 Å². The number of carbonyl (C=O) groups is 1. The van der Waals surface area contributed by atoms with Crippen molar-refractivity contribution >= 4 is 21.4 Å². The molecule has 1 aliphatic heterocycles. The van der Waals surface area contributed by atoms with Crippen molar-refractivity contribution in [2.75, 3.05) is 30.5 Å². The van der Waals surface area contributed by atoms with Gasteiger partial charge in [-0.05, 0) is 31.0 Å². The van der Waals surface area contributed by atoms with Crippen LogP contribution in [0.3, 0.4) is 0 Å². The Hall–Kier alpha value is -1.60. The van der Waals surface area contributed by atoms with Crippen LogP contribution in [0.2, 0.25) is 0 Å². The van der Waals surface area contributed by atoms with Crippen molar-refractivity contribution in [2.24, 2.45) is 0 Å². The summed E-state index contributed by atoms with van der Waals surface area (Å²) in [6, 6.07) is 5.54. The van der Waals surface area contributed by atoms with Gasteiger partial charge in [-0.3, -0.25) is 4.79 Å². The number of hydrogen-bond donors (Lipinski definition) is 2. The molecule has 0 aliphatic carbocycles. The molecule has 2 rings (SSSR count). The molecule has 0 aromatic heterocycles. The van der Waals surface area contributed by atoms with Crippen LogP contribution in [0.5, 0.6) is 5.75 Å². The summed E-state index contributed by atoms with van der Waals surface area (Å²) in [6.07, 6.45) is 0.906. The maximum Gasteiger partial charge on any atom is 0.225 e. The lowest BCUT2D eigenvalue weighted by atomic mass is 10.2. The molecule has 0 bridgehead atoms. The molecule has 1 aromatic carbocycles. The van der Waals surface area contributed by atoms with Gasteiger partial charge >= 0.3 is 0 Å². The molecule has 1 saturated heterocycles. The molecule has 122 valence electrons. The Balaban J connectivity index is 1.80. The summed E-state index contributed by atoms with van der Waals surface area (Å²) < 4.78 is 27.9. The first-order valence-electron chi connectivity index (χ1n) is 7.28. The van der Waals surface area contributed by atoms with Gasteiger partial charge in [0.1, 0.15) is 5.75 Å². The number of methoxy groups -OCH3 is 1. The second kappa shape index (κ2) is 7.11. The van der Waals surface area contributed by atoms with E-state index in [1.165, 1.54) is 0 Å². The smallest absolute Gasteiger partial charge is 0.225 e. The zero-order valence-corrected chi connectivity index (χ0v) is 13.7. The zero-order valence-electron chi connectivity index (χ0n) is 12.9. The third-order valence-corrected chi connectivity index (χ3v) is 5.41. The van der Waals surface area contributed by atoms with Crippen molar-refractivity contribution < 1.29 is 17.9 Å². The number of hydrogen-bond acceptors (Lipinski definition) is 5. The average molecular weight is 326 g/mol. The SMILES string of the molecule is COc1ccc(C)cc1NC(=O)CCNC1CCS(=O)(=O)C1. The van der Waals surface area contributed by atoms with Gasteiger partial charge in [-0.1, -0.05) is 6.07 Å². The fourth-order valence-corrected chi connectivity index (χ4v) is 4.19. The molecule has 22 heavy (non-hydrogen) atoms. The van der Waals surface area contributed by atoms with E-state index in [2.05, 4.69) is 10.6 Å². The highest BCUT2D eigenvalue weighted by atomic mass is 32.2. The van der Waals surface area contributed by atoms with E-state index in [1.54, 1.807) is 7.11 Å². The summed E-state index contributed by atoms with van der Waals surface area (Å²) in [7, 11) is -1.33. The van der Waals surface area contributed by atoms with Crippen LogP contribution in [-0.2, 0) is 14.6 Å². The van der Waals surface area contributed by atoms with Crippen molar-refractivity contribution in [2.45, 2.75) is 25.8 Å². The Labute approximate surface area is 131 Å².